The van der Waals surface area contributed by atoms with Gasteiger partial charge in [-0.25, -0.2) is 8.42 Å². The number of amides is 2. The Morgan fingerprint density at radius 3 is 2.33 bits per heavy atom. The largest absolute Gasteiger partial charge is 0.348 e. The number of benzene rings is 3. The SMILES string of the molecule is CCC(C)C(C(=O)NNS(=O)(=O)c1ccccc1)N1C(=O)c2ccccc2C1c1c(C)n(C)c2ccccc12. The van der Waals surface area contributed by atoms with Crippen LogP contribution in [0.3, 0.4) is 0 Å². The number of hydrogen-bond acceptors (Lipinski definition) is 4. The molecular formula is C30H32N4O4S. The summed E-state index contributed by atoms with van der Waals surface area (Å²) in [6, 6.07) is 21.8. The van der Waals surface area contributed by atoms with E-state index < -0.39 is 28.0 Å². The average Bonchev–Trinajstić information content (AvgIpc) is 3.37. The van der Waals surface area contributed by atoms with Crippen LogP contribution in [0.15, 0.2) is 83.8 Å². The Morgan fingerprint density at radius 2 is 1.62 bits per heavy atom. The van der Waals surface area contributed by atoms with Crippen molar-refractivity contribution in [3.05, 3.63) is 101 Å². The first kappa shape index (κ1) is 26.6. The Bertz CT molecular complexity index is 1660. The van der Waals surface area contributed by atoms with Gasteiger partial charge in [-0.3, -0.25) is 15.0 Å². The number of carbonyl (C=O) groups is 2. The van der Waals surface area contributed by atoms with E-state index in [2.05, 4.69) is 14.8 Å². The van der Waals surface area contributed by atoms with Crippen molar-refractivity contribution in [1.29, 1.82) is 0 Å². The minimum atomic E-state index is -4.00. The van der Waals surface area contributed by atoms with Crippen molar-refractivity contribution in [3.8, 4) is 0 Å². The Balaban J connectivity index is 1.60. The van der Waals surface area contributed by atoms with Crippen molar-refractivity contribution in [2.45, 2.75) is 44.2 Å². The van der Waals surface area contributed by atoms with E-state index in [-0.39, 0.29) is 16.7 Å². The highest BCUT2D eigenvalue weighted by atomic mass is 32.2. The molecule has 5 rings (SSSR count). The number of aryl methyl sites for hydroxylation is 1. The first-order valence-corrected chi connectivity index (χ1v) is 14.5. The van der Waals surface area contributed by atoms with E-state index in [1.165, 1.54) is 12.1 Å². The lowest BCUT2D eigenvalue weighted by Gasteiger charge is -2.36. The molecule has 39 heavy (non-hydrogen) atoms. The molecule has 0 radical (unpaired) electrons. The van der Waals surface area contributed by atoms with E-state index in [1.807, 2.05) is 70.3 Å². The van der Waals surface area contributed by atoms with Gasteiger partial charge >= 0.3 is 0 Å². The van der Waals surface area contributed by atoms with Gasteiger partial charge in [-0.1, -0.05) is 74.9 Å². The van der Waals surface area contributed by atoms with Crippen molar-refractivity contribution in [1.82, 2.24) is 19.7 Å². The molecule has 2 amide bonds. The lowest BCUT2D eigenvalue weighted by molar-refractivity contribution is -0.128. The second kappa shape index (κ2) is 10.3. The molecule has 0 fully saturated rings. The van der Waals surface area contributed by atoms with Gasteiger partial charge in [0.1, 0.15) is 6.04 Å². The molecule has 0 saturated carbocycles. The average molecular weight is 545 g/mol. The summed E-state index contributed by atoms with van der Waals surface area (Å²) in [5, 5.41) is 1.00. The van der Waals surface area contributed by atoms with Crippen molar-refractivity contribution in [3.63, 3.8) is 0 Å². The summed E-state index contributed by atoms with van der Waals surface area (Å²) in [6.07, 6.45) is 0.602. The molecule has 4 aromatic rings. The summed E-state index contributed by atoms with van der Waals surface area (Å²) in [5.41, 5.74) is 6.76. The number of aromatic nitrogens is 1. The van der Waals surface area contributed by atoms with Gasteiger partial charge in [0.25, 0.3) is 21.8 Å². The maximum Gasteiger partial charge on any atom is 0.258 e. The van der Waals surface area contributed by atoms with Crippen molar-refractivity contribution in [2.24, 2.45) is 13.0 Å². The van der Waals surface area contributed by atoms with Gasteiger partial charge in [0, 0.05) is 34.8 Å². The van der Waals surface area contributed by atoms with Gasteiger partial charge < -0.3 is 9.47 Å². The number of sulfonamides is 1. The van der Waals surface area contributed by atoms with Crippen LogP contribution in [0.25, 0.3) is 10.9 Å². The molecule has 1 aliphatic rings. The van der Waals surface area contributed by atoms with Crippen LogP contribution in [0.1, 0.15) is 53.5 Å². The molecule has 1 aliphatic heterocycles. The summed E-state index contributed by atoms with van der Waals surface area (Å²) in [7, 11) is -2.01. The molecular weight excluding hydrogens is 512 g/mol. The summed E-state index contributed by atoms with van der Waals surface area (Å²) >= 11 is 0. The van der Waals surface area contributed by atoms with Crippen LogP contribution >= 0.6 is 0 Å². The Morgan fingerprint density at radius 1 is 0.974 bits per heavy atom. The van der Waals surface area contributed by atoms with Gasteiger partial charge in [0.2, 0.25) is 0 Å². The standard InChI is InChI=1S/C30H32N4O4S/c1-5-19(2)27(29(35)31-32-39(37,38)21-13-7-6-8-14-21)34-28(22-15-9-10-16-23(22)30(34)36)26-20(3)33(4)25-18-12-11-17-24(25)26/h6-19,27-28,32H,5H2,1-4H3,(H,31,35). The van der Waals surface area contributed by atoms with Gasteiger partial charge in [-0.05, 0) is 42.7 Å². The highest BCUT2D eigenvalue weighted by Crippen LogP contribution is 2.45. The first-order chi connectivity index (χ1) is 18.7. The molecule has 3 unspecified atom stereocenters. The molecule has 0 bridgehead atoms. The zero-order valence-corrected chi connectivity index (χ0v) is 23.2. The van der Waals surface area contributed by atoms with Crippen LogP contribution in [0, 0.1) is 12.8 Å². The van der Waals surface area contributed by atoms with E-state index in [9.17, 15) is 18.0 Å². The second-order valence-corrected chi connectivity index (χ2v) is 11.7. The Hall–Kier alpha value is -3.95. The fraction of sp³-hybridized carbons (Fsp3) is 0.267. The van der Waals surface area contributed by atoms with Gasteiger partial charge in [0.05, 0.1) is 10.9 Å². The number of nitrogens with one attached hydrogen (secondary N) is 2. The number of nitrogens with zero attached hydrogens (tertiary/aromatic N) is 2. The number of hydrogen-bond donors (Lipinski definition) is 2. The Kier molecular flexibility index (Phi) is 7.05. The fourth-order valence-electron chi connectivity index (χ4n) is 5.55. The van der Waals surface area contributed by atoms with E-state index in [4.69, 9.17) is 0 Å². The number of fused-ring (bicyclic) bond motifs is 2. The summed E-state index contributed by atoms with van der Waals surface area (Å²) in [4.78, 5) is 31.7. The Labute approximate surface area is 228 Å². The van der Waals surface area contributed by atoms with Gasteiger partial charge in [-0.2, -0.15) is 0 Å². The van der Waals surface area contributed by atoms with Crippen LogP contribution < -0.4 is 10.3 Å². The topological polar surface area (TPSA) is 101 Å². The predicted molar refractivity (Wildman–Crippen MR) is 150 cm³/mol. The normalized spacial score (nSPS) is 16.8. The van der Waals surface area contributed by atoms with Crippen molar-refractivity contribution < 1.29 is 18.0 Å². The summed E-state index contributed by atoms with van der Waals surface area (Å²) in [6.45, 7) is 5.87. The van der Waals surface area contributed by atoms with Crippen LogP contribution in [0.4, 0.5) is 0 Å². The van der Waals surface area contributed by atoms with E-state index >= 15 is 0 Å². The van der Waals surface area contributed by atoms with E-state index in [0.29, 0.717) is 12.0 Å². The lowest BCUT2D eigenvalue weighted by Crippen LogP contribution is -2.55. The maximum absolute atomic E-state index is 14.0. The van der Waals surface area contributed by atoms with Crippen LogP contribution in [0.5, 0.6) is 0 Å². The fourth-order valence-corrected chi connectivity index (χ4v) is 6.41. The minimum absolute atomic E-state index is 0.0271. The predicted octanol–water partition coefficient (Wildman–Crippen LogP) is 4.46. The number of para-hydroxylation sites is 1. The monoisotopic (exact) mass is 544 g/mol. The van der Waals surface area contributed by atoms with Crippen LogP contribution in [0.2, 0.25) is 0 Å². The van der Waals surface area contributed by atoms with Crippen molar-refractivity contribution >= 4 is 32.7 Å². The molecule has 202 valence electrons. The molecule has 3 aromatic carbocycles. The zero-order valence-electron chi connectivity index (χ0n) is 22.4. The molecule has 0 spiro atoms. The third kappa shape index (κ3) is 4.51. The highest BCUT2D eigenvalue weighted by Gasteiger charge is 2.47. The second-order valence-electron chi connectivity index (χ2n) is 10.0. The van der Waals surface area contributed by atoms with Gasteiger partial charge in [-0.15, -0.1) is 4.83 Å². The third-order valence-electron chi connectivity index (χ3n) is 7.83. The first-order valence-electron chi connectivity index (χ1n) is 13.0. The van der Waals surface area contributed by atoms with E-state index in [0.717, 1.165) is 27.7 Å². The number of hydrazine groups is 1. The molecule has 8 nitrogen and oxygen atoms in total. The summed E-state index contributed by atoms with van der Waals surface area (Å²) in [5.74, 6) is -1.11. The highest BCUT2D eigenvalue weighted by molar-refractivity contribution is 7.89. The van der Waals surface area contributed by atoms with E-state index in [1.54, 1.807) is 29.2 Å². The number of carbonyl (C=O) groups excluding carboxylic acids is 2. The molecule has 2 heterocycles. The molecule has 0 aliphatic carbocycles. The van der Waals surface area contributed by atoms with Gasteiger partial charge in [0.15, 0.2) is 0 Å². The number of rotatable bonds is 8. The molecule has 2 N–H and O–H groups in total. The minimum Gasteiger partial charge on any atom is -0.348 e. The quantitative estimate of drug-likeness (QED) is 0.320. The molecule has 9 heteroatoms. The van der Waals surface area contributed by atoms with Crippen LogP contribution in [-0.4, -0.2) is 35.7 Å². The lowest BCUT2D eigenvalue weighted by atomic mass is 9.91. The zero-order chi connectivity index (χ0) is 27.9. The maximum atomic E-state index is 14.0. The van der Waals surface area contributed by atoms with Crippen molar-refractivity contribution in [2.75, 3.05) is 0 Å². The van der Waals surface area contributed by atoms with Crippen LogP contribution in [-0.2, 0) is 21.9 Å². The molecule has 1 aromatic heterocycles. The third-order valence-corrected chi connectivity index (χ3v) is 9.10. The molecule has 3 atom stereocenters. The molecule has 0 saturated heterocycles. The smallest absolute Gasteiger partial charge is 0.258 e. The summed E-state index contributed by atoms with van der Waals surface area (Å²) < 4.78 is 27.8.